The number of fused-ring (bicyclic) bond motifs is 1. The molecule has 1 aliphatic carbocycles. The van der Waals surface area contributed by atoms with Crippen molar-refractivity contribution in [1.82, 2.24) is 5.32 Å². The molecule has 1 N–H and O–H groups in total. The Balaban J connectivity index is 1.86. The Kier molecular flexibility index (Phi) is 5.87. The molecule has 1 aromatic rings. The first-order chi connectivity index (χ1) is 10.4. The van der Waals surface area contributed by atoms with Crippen LogP contribution in [0.1, 0.15) is 62.0 Å². The number of carbonyl (C=O) groups excluding carboxylic acids is 1. The molecule has 5 heteroatoms. The van der Waals surface area contributed by atoms with Crippen molar-refractivity contribution in [2.75, 3.05) is 13.2 Å². The molecule has 1 aliphatic rings. The summed E-state index contributed by atoms with van der Waals surface area (Å²) >= 11 is 1.86. The van der Waals surface area contributed by atoms with Crippen LogP contribution in [0.3, 0.4) is 0 Å². The average molecular weight is 325 g/mol. The minimum atomic E-state index is -0.448. The van der Waals surface area contributed by atoms with Gasteiger partial charge in [0.05, 0.1) is 6.10 Å². The Labute approximate surface area is 137 Å². The number of nitrogens with one attached hydrogen (secondary N) is 1. The van der Waals surface area contributed by atoms with E-state index < -0.39 is 5.60 Å². The molecule has 0 aromatic carbocycles. The fourth-order valence-corrected chi connectivity index (χ4v) is 3.93. The van der Waals surface area contributed by atoms with E-state index in [0.717, 1.165) is 25.9 Å². The molecule has 0 fully saturated rings. The second-order valence-corrected chi connectivity index (χ2v) is 7.83. The third-order valence-electron chi connectivity index (χ3n) is 3.52. The molecule has 0 bridgehead atoms. The van der Waals surface area contributed by atoms with Gasteiger partial charge in [-0.25, -0.2) is 4.79 Å². The molecule has 1 aromatic heterocycles. The van der Waals surface area contributed by atoms with E-state index in [4.69, 9.17) is 9.47 Å². The molecule has 1 unspecified atom stereocenters. The maximum Gasteiger partial charge on any atom is 0.407 e. The molecule has 1 heterocycles. The SMILES string of the molecule is CCOC1CCCc2sc(CCNC(=O)OC(C)(C)C)cc21. The normalized spacial score (nSPS) is 17.9. The summed E-state index contributed by atoms with van der Waals surface area (Å²) in [5.74, 6) is 0. The monoisotopic (exact) mass is 325 g/mol. The van der Waals surface area contributed by atoms with Crippen LogP contribution in [0, 0.1) is 0 Å². The van der Waals surface area contributed by atoms with Crippen LogP contribution < -0.4 is 5.32 Å². The number of hydrogen-bond acceptors (Lipinski definition) is 4. The zero-order valence-electron chi connectivity index (χ0n) is 14.0. The maximum atomic E-state index is 11.6. The summed E-state index contributed by atoms with van der Waals surface area (Å²) in [5.41, 5.74) is 0.918. The van der Waals surface area contributed by atoms with E-state index >= 15 is 0 Å². The number of hydrogen-bond donors (Lipinski definition) is 1. The molecule has 0 aliphatic heterocycles. The molecule has 1 atom stereocenters. The first-order valence-electron chi connectivity index (χ1n) is 8.09. The van der Waals surface area contributed by atoms with Gasteiger partial charge in [0.15, 0.2) is 0 Å². The summed E-state index contributed by atoms with van der Waals surface area (Å²) in [6.07, 6.45) is 4.23. The molecule has 22 heavy (non-hydrogen) atoms. The van der Waals surface area contributed by atoms with Gasteiger partial charge in [0, 0.05) is 22.9 Å². The number of ether oxygens (including phenoxy) is 2. The molecule has 0 saturated heterocycles. The smallest absolute Gasteiger partial charge is 0.407 e. The van der Waals surface area contributed by atoms with Crippen LogP contribution in [0.4, 0.5) is 4.79 Å². The average Bonchev–Trinajstić information content (AvgIpc) is 2.81. The fraction of sp³-hybridized carbons (Fsp3) is 0.706. The largest absolute Gasteiger partial charge is 0.444 e. The van der Waals surface area contributed by atoms with E-state index in [9.17, 15) is 4.79 Å². The predicted molar refractivity (Wildman–Crippen MR) is 89.6 cm³/mol. The Bertz CT molecular complexity index is 504. The van der Waals surface area contributed by atoms with Gasteiger partial charge in [0.1, 0.15) is 5.60 Å². The van der Waals surface area contributed by atoms with Crippen molar-refractivity contribution in [3.63, 3.8) is 0 Å². The van der Waals surface area contributed by atoms with Gasteiger partial charge in [-0.05, 0) is 65.0 Å². The van der Waals surface area contributed by atoms with Crippen LogP contribution in [0.25, 0.3) is 0 Å². The van der Waals surface area contributed by atoms with Crippen molar-refractivity contribution in [2.24, 2.45) is 0 Å². The molecule has 4 nitrogen and oxygen atoms in total. The number of amides is 1. The molecule has 1 amide bonds. The van der Waals surface area contributed by atoms with Gasteiger partial charge in [-0.15, -0.1) is 11.3 Å². The Morgan fingerprint density at radius 1 is 1.45 bits per heavy atom. The summed E-state index contributed by atoms with van der Waals surface area (Å²) in [5, 5.41) is 2.82. The predicted octanol–water partition coefficient (Wildman–Crippen LogP) is 4.23. The topological polar surface area (TPSA) is 47.6 Å². The highest BCUT2D eigenvalue weighted by molar-refractivity contribution is 7.12. The number of carbonyl (C=O) groups is 1. The van der Waals surface area contributed by atoms with Crippen molar-refractivity contribution in [3.8, 4) is 0 Å². The van der Waals surface area contributed by atoms with Crippen LogP contribution in [-0.2, 0) is 22.3 Å². The van der Waals surface area contributed by atoms with Crippen LogP contribution in [0.15, 0.2) is 6.07 Å². The Morgan fingerprint density at radius 3 is 2.91 bits per heavy atom. The van der Waals surface area contributed by atoms with Crippen LogP contribution in [0.5, 0.6) is 0 Å². The Morgan fingerprint density at radius 2 is 2.23 bits per heavy atom. The molecule has 124 valence electrons. The van der Waals surface area contributed by atoms with Crippen LogP contribution >= 0.6 is 11.3 Å². The first kappa shape index (κ1) is 17.3. The molecule has 0 saturated carbocycles. The highest BCUT2D eigenvalue weighted by Crippen LogP contribution is 2.37. The van der Waals surface area contributed by atoms with E-state index in [0.29, 0.717) is 6.54 Å². The van der Waals surface area contributed by atoms with E-state index in [1.54, 1.807) is 0 Å². The molecule has 0 radical (unpaired) electrons. The quantitative estimate of drug-likeness (QED) is 0.881. The highest BCUT2D eigenvalue weighted by Gasteiger charge is 2.23. The maximum absolute atomic E-state index is 11.6. The summed E-state index contributed by atoms with van der Waals surface area (Å²) in [4.78, 5) is 14.4. The zero-order chi connectivity index (χ0) is 16.2. The number of alkyl carbamates (subject to hydrolysis) is 1. The second kappa shape index (κ2) is 7.47. The van der Waals surface area contributed by atoms with Gasteiger partial charge < -0.3 is 14.8 Å². The summed E-state index contributed by atoms with van der Waals surface area (Å²) in [6.45, 7) is 9.02. The van der Waals surface area contributed by atoms with Crippen molar-refractivity contribution in [2.45, 2.75) is 65.1 Å². The van der Waals surface area contributed by atoms with Crippen molar-refractivity contribution in [3.05, 3.63) is 21.4 Å². The minimum absolute atomic E-state index is 0.262. The summed E-state index contributed by atoms with van der Waals surface area (Å²) in [6, 6.07) is 2.26. The van der Waals surface area contributed by atoms with E-state index in [2.05, 4.69) is 11.4 Å². The molecular formula is C17H27NO3S. The van der Waals surface area contributed by atoms with E-state index in [1.165, 1.54) is 21.7 Å². The van der Waals surface area contributed by atoms with Crippen molar-refractivity contribution >= 4 is 17.4 Å². The van der Waals surface area contributed by atoms with Gasteiger partial charge in [-0.2, -0.15) is 0 Å². The fourth-order valence-electron chi connectivity index (χ4n) is 2.67. The lowest BCUT2D eigenvalue weighted by molar-refractivity contribution is 0.0505. The van der Waals surface area contributed by atoms with E-state index in [1.807, 2.05) is 39.0 Å². The highest BCUT2D eigenvalue weighted by atomic mass is 32.1. The summed E-state index contributed by atoms with van der Waals surface area (Å²) in [7, 11) is 0. The minimum Gasteiger partial charge on any atom is -0.444 e. The van der Waals surface area contributed by atoms with E-state index in [-0.39, 0.29) is 12.2 Å². The number of rotatable bonds is 5. The molecule has 0 spiro atoms. The van der Waals surface area contributed by atoms with Crippen molar-refractivity contribution in [1.29, 1.82) is 0 Å². The van der Waals surface area contributed by atoms with Gasteiger partial charge in [-0.1, -0.05) is 0 Å². The van der Waals surface area contributed by atoms with Gasteiger partial charge >= 0.3 is 6.09 Å². The third kappa shape index (κ3) is 4.99. The standard InChI is InChI=1S/C17H27NO3S/c1-5-20-14-7-6-8-15-13(14)11-12(22-15)9-10-18-16(19)21-17(2,3)4/h11,14H,5-10H2,1-4H3,(H,18,19). The lowest BCUT2D eigenvalue weighted by atomic mass is 9.96. The summed E-state index contributed by atoms with van der Waals surface area (Å²) < 4.78 is 11.1. The van der Waals surface area contributed by atoms with Gasteiger partial charge in [-0.3, -0.25) is 0 Å². The Hall–Kier alpha value is -1.07. The third-order valence-corrected chi connectivity index (χ3v) is 4.79. The molecule has 2 rings (SSSR count). The first-order valence-corrected chi connectivity index (χ1v) is 8.90. The van der Waals surface area contributed by atoms with Crippen LogP contribution in [-0.4, -0.2) is 24.8 Å². The molecular weight excluding hydrogens is 298 g/mol. The second-order valence-electron chi connectivity index (χ2n) is 6.61. The lowest BCUT2D eigenvalue weighted by Gasteiger charge is -2.22. The van der Waals surface area contributed by atoms with Crippen LogP contribution in [0.2, 0.25) is 0 Å². The lowest BCUT2D eigenvalue weighted by Crippen LogP contribution is -2.33. The zero-order valence-corrected chi connectivity index (χ0v) is 14.8. The van der Waals surface area contributed by atoms with Gasteiger partial charge in [0.2, 0.25) is 0 Å². The number of thiophene rings is 1. The number of aryl methyl sites for hydroxylation is 1. The van der Waals surface area contributed by atoms with Gasteiger partial charge in [0.25, 0.3) is 0 Å². The van der Waals surface area contributed by atoms with Crippen molar-refractivity contribution < 1.29 is 14.3 Å².